The van der Waals surface area contributed by atoms with Crippen molar-refractivity contribution in [1.82, 2.24) is 4.57 Å². The molecule has 0 unspecified atom stereocenters. The lowest BCUT2D eigenvalue weighted by Gasteiger charge is -2.02. The first-order chi connectivity index (χ1) is 10.3. The fourth-order valence-electron chi connectivity index (χ4n) is 2.02. The van der Waals surface area contributed by atoms with E-state index in [-0.39, 0.29) is 5.91 Å². The first kappa shape index (κ1) is 13.5. The van der Waals surface area contributed by atoms with Gasteiger partial charge in [-0.2, -0.15) is 4.99 Å². The van der Waals surface area contributed by atoms with E-state index in [1.807, 2.05) is 52.5 Å². The number of aromatic nitrogens is 1. The molecular weight excluding hydrogens is 280 g/mol. The second kappa shape index (κ2) is 6.33. The third-order valence-electron chi connectivity index (χ3n) is 3.07. The quantitative estimate of drug-likeness (QED) is 0.729. The zero-order valence-electron chi connectivity index (χ0n) is 11.3. The highest BCUT2D eigenvalue weighted by Gasteiger charge is 2.04. The van der Waals surface area contributed by atoms with Crippen LogP contribution in [0, 0.1) is 0 Å². The van der Waals surface area contributed by atoms with Gasteiger partial charge in [0.2, 0.25) is 0 Å². The number of rotatable bonds is 3. The Balaban J connectivity index is 1.89. The Bertz CT molecular complexity index is 788. The summed E-state index contributed by atoms with van der Waals surface area (Å²) in [6.45, 7) is 0.714. The molecule has 0 saturated heterocycles. The lowest BCUT2D eigenvalue weighted by atomic mass is 10.2. The zero-order chi connectivity index (χ0) is 14.5. The molecule has 0 bridgehead atoms. The van der Waals surface area contributed by atoms with Gasteiger partial charge in [0, 0.05) is 23.7 Å². The smallest absolute Gasteiger partial charge is 0.279 e. The fraction of sp³-hybridized carbons (Fsp3) is 0.0588. The molecule has 4 heteroatoms. The van der Waals surface area contributed by atoms with Gasteiger partial charge in [0.15, 0.2) is 4.80 Å². The fourth-order valence-corrected chi connectivity index (χ4v) is 2.75. The summed E-state index contributed by atoms with van der Waals surface area (Å²) in [5, 5.41) is 1.94. The van der Waals surface area contributed by atoms with Crippen molar-refractivity contribution in [2.24, 2.45) is 4.99 Å². The van der Waals surface area contributed by atoms with Gasteiger partial charge in [-0.1, -0.05) is 48.5 Å². The lowest BCUT2D eigenvalue weighted by molar-refractivity contribution is 0.0998. The number of benzene rings is 2. The molecule has 3 rings (SSSR count). The monoisotopic (exact) mass is 294 g/mol. The van der Waals surface area contributed by atoms with Gasteiger partial charge >= 0.3 is 0 Å². The molecule has 2 aromatic carbocycles. The molecule has 0 radical (unpaired) electrons. The van der Waals surface area contributed by atoms with E-state index in [0.717, 1.165) is 0 Å². The number of carbonyl (C=O) groups excluding carboxylic acids is 1. The Labute approximate surface area is 126 Å². The molecule has 0 aliphatic rings. The van der Waals surface area contributed by atoms with Crippen molar-refractivity contribution in [3.63, 3.8) is 0 Å². The van der Waals surface area contributed by atoms with Crippen LogP contribution >= 0.6 is 11.3 Å². The predicted octanol–water partition coefficient (Wildman–Crippen LogP) is 3.34. The van der Waals surface area contributed by atoms with Crippen molar-refractivity contribution in [3.8, 4) is 0 Å². The third-order valence-corrected chi connectivity index (χ3v) is 3.87. The molecule has 1 amide bonds. The lowest BCUT2D eigenvalue weighted by Crippen LogP contribution is -2.17. The van der Waals surface area contributed by atoms with E-state index in [0.29, 0.717) is 16.9 Å². The topological polar surface area (TPSA) is 34.4 Å². The molecule has 21 heavy (non-hydrogen) atoms. The molecule has 0 aliphatic carbocycles. The summed E-state index contributed by atoms with van der Waals surface area (Å²) in [5.41, 5.74) is 1.79. The maximum absolute atomic E-state index is 12.1. The van der Waals surface area contributed by atoms with Crippen LogP contribution in [0.2, 0.25) is 0 Å². The molecule has 0 spiro atoms. The van der Waals surface area contributed by atoms with Gasteiger partial charge in [-0.25, -0.2) is 0 Å². The standard InChI is InChI=1S/C17H14N2OS/c20-16(15-9-5-2-6-10-15)18-17-19(11-12-21-17)13-14-7-3-1-4-8-14/h1-12H,13H2. The summed E-state index contributed by atoms with van der Waals surface area (Å²) in [7, 11) is 0. The minimum absolute atomic E-state index is 0.208. The van der Waals surface area contributed by atoms with Gasteiger partial charge in [-0.05, 0) is 17.7 Å². The molecule has 0 saturated carbocycles. The summed E-state index contributed by atoms with van der Waals surface area (Å²) in [5.74, 6) is -0.208. The van der Waals surface area contributed by atoms with Crippen LogP contribution in [0.15, 0.2) is 77.2 Å². The first-order valence-electron chi connectivity index (χ1n) is 6.65. The molecule has 1 aromatic heterocycles. The average Bonchev–Trinajstić information content (AvgIpc) is 2.96. The van der Waals surface area contributed by atoms with Gasteiger partial charge in [-0.15, -0.1) is 11.3 Å². The van der Waals surface area contributed by atoms with E-state index in [4.69, 9.17) is 0 Å². The van der Waals surface area contributed by atoms with Crippen LogP contribution in [0.1, 0.15) is 15.9 Å². The molecule has 3 aromatic rings. The molecule has 3 nitrogen and oxygen atoms in total. The van der Waals surface area contributed by atoms with Crippen LogP contribution in [0.3, 0.4) is 0 Å². The summed E-state index contributed by atoms with van der Waals surface area (Å²) in [4.78, 5) is 17.1. The highest BCUT2D eigenvalue weighted by Crippen LogP contribution is 2.03. The summed E-state index contributed by atoms with van der Waals surface area (Å²) < 4.78 is 1.99. The normalized spacial score (nSPS) is 11.5. The highest BCUT2D eigenvalue weighted by atomic mass is 32.1. The summed E-state index contributed by atoms with van der Waals surface area (Å²) in [6, 6.07) is 19.3. The van der Waals surface area contributed by atoms with Crippen molar-refractivity contribution >= 4 is 17.2 Å². The molecule has 0 atom stereocenters. The number of amides is 1. The van der Waals surface area contributed by atoms with Gasteiger partial charge < -0.3 is 4.57 Å². The van der Waals surface area contributed by atoms with Gasteiger partial charge in [0.1, 0.15) is 0 Å². The molecule has 104 valence electrons. The van der Waals surface area contributed by atoms with Crippen LogP contribution in [0.25, 0.3) is 0 Å². The number of hydrogen-bond acceptors (Lipinski definition) is 2. The number of carbonyl (C=O) groups is 1. The number of nitrogens with zero attached hydrogens (tertiary/aromatic N) is 2. The summed E-state index contributed by atoms with van der Waals surface area (Å²) in [6.07, 6.45) is 1.95. The second-order valence-corrected chi connectivity index (χ2v) is 5.46. The van der Waals surface area contributed by atoms with Crippen LogP contribution < -0.4 is 4.80 Å². The zero-order valence-corrected chi connectivity index (χ0v) is 12.2. The molecule has 0 fully saturated rings. The molecule has 1 heterocycles. The van der Waals surface area contributed by atoms with Crippen LogP contribution in [-0.2, 0) is 6.54 Å². The second-order valence-electron chi connectivity index (χ2n) is 4.58. The minimum Gasteiger partial charge on any atom is -0.319 e. The Hall–Kier alpha value is -2.46. The minimum atomic E-state index is -0.208. The Kier molecular flexibility index (Phi) is 4.07. The first-order valence-corrected chi connectivity index (χ1v) is 7.53. The van der Waals surface area contributed by atoms with Crippen molar-refractivity contribution in [2.75, 3.05) is 0 Å². The SMILES string of the molecule is O=C(N=c1sccn1Cc1ccccc1)c1ccccc1. The van der Waals surface area contributed by atoms with Crippen LogP contribution in [-0.4, -0.2) is 10.5 Å². The van der Waals surface area contributed by atoms with Crippen LogP contribution in [0.4, 0.5) is 0 Å². The predicted molar refractivity (Wildman–Crippen MR) is 84.2 cm³/mol. The third kappa shape index (κ3) is 3.35. The van der Waals surface area contributed by atoms with Crippen LogP contribution in [0.5, 0.6) is 0 Å². The van der Waals surface area contributed by atoms with Crippen molar-refractivity contribution in [1.29, 1.82) is 0 Å². The Morgan fingerprint density at radius 3 is 2.38 bits per heavy atom. The average molecular weight is 294 g/mol. The summed E-state index contributed by atoms with van der Waals surface area (Å²) >= 11 is 1.47. The highest BCUT2D eigenvalue weighted by molar-refractivity contribution is 7.07. The largest absolute Gasteiger partial charge is 0.319 e. The number of thiazole rings is 1. The van der Waals surface area contributed by atoms with Gasteiger partial charge in [0.05, 0.1) is 0 Å². The molecule has 0 aliphatic heterocycles. The Morgan fingerprint density at radius 1 is 1.00 bits per heavy atom. The Morgan fingerprint density at radius 2 is 1.67 bits per heavy atom. The van der Waals surface area contributed by atoms with Gasteiger partial charge in [-0.3, -0.25) is 4.79 Å². The van der Waals surface area contributed by atoms with Crippen molar-refractivity contribution in [3.05, 3.63) is 88.2 Å². The van der Waals surface area contributed by atoms with Crippen molar-refractivity contribution in [2.45, 2.75) is 6.54 Å². The number of hydrogen-bond donors (Lipinski definition) is 0. The van der Waals surface area contributed by atoms with E-state index >= 15 is 0 Å². The molecular formula is C17H14N2OS. The van der Waals surface area contributed by atoms with E-state index in [1.54, 1.807) is 12.1 Å². The van der Waals surface area contributed by atoms with Crippen molar-refractivity contribution < 1.29 is 4.79 Å². The van der Waals surface area contributed by atoms with E-state index in [1.165, 1.54) is 16.9 Å². The molecule has 0 N–H and O–H groups in total. The maximum atomic E-state index is 12.1. The van der Waals surface area contributed by atoms with E-state index in [9.17, 15) is 4.79 Å². The maximum Gasteiger partial charge on any atom is 0.279 e. The van der Waals surface area contributed by atoms with E-state index < -0.39 is 0 Å². The van der Waals surface area contributed by atoms with E-state index in [2.05, 4.69) is 17.1 Å². The van der Waals surface area contributed by atoms with Gasteiger partial charge in [0.25, 0.3) is 5.91 Å².